The minimum atomic E-state index is -0.263. The molecule has 0 fully saturated rings. The number of nitrogens with two attached hydrogens (primary N) is 1. The number of amides is 1. The summed E-state index contributed by atoms with van der Waals surface area (Å²) in [5.74, 6) is 4.64. The summed E-state index contributed by atoms with van der Waals surface area (Å²) in [6, 6.07) is 18.8. The van der Waals surface area contributed by atoms with Gasteiger partial charge < -0.3 is 0 Å². The van der Waals surface area contributed by atoms with Crippen LogP contribution in [0.5, 0.6) is 0 Å². The van der Waals surface area contributed by atoms with Crippen molar-refractivity contribution in [2.45, 2.75) is 0 Å². The average molecular weight is 240 g/mol. The summed E-state index contributed by atoms with van der Waals surface area (Å²) >= 11 is 0. The first kappa shape index (κ1) is 13.7. The fraction of sp³-hybridized carbons (Fsp3) is 0. The maximum atomic E-state index is 10.8. The highest BCUT2D eigenvalue weighted by Gasteiger charge is 1.98. The molecule has 0 aliphatic carbocycles. The first-order chi connectivity index (χ1) is 8.77. The van der Waals surface area contributed by atoms with Crippen LogP contribution in [0.15, 0.2) is 67.2 Å². The van der Waals surface area contributed by atoms with E-state index < -0.39 is 0 Å². The van der Waals surface area contributed by atoms with Crippen molar-refractivity contribution in [3.63, 3.8) is 0 Å². The Labute approximate surface area is 107 Å². The molecule has 0 atom stereocenters. The third-order valence-electron chi connectivity index (χ3n) is 2.20. The molecule has 0 aromatic heterocycles. The van der Waals surface area contributed by atoms with E-state index in [0.29, 0.717) is 5.56 Å². The van der Waals surface area contributed by atoms with E-state index in [-0.39, 0.29) is 5.91 Å². The fourth-order valence-corrected chi connectivity index (χ4v) is 1.26. The number of rotatable bonds is 2. The molecule has 0 saturated carbocycles. The first-order valence-electron chi connectivity index (χ1n) is 5.51. The zero-order valence-electron chi connectivity index (χ0n) is 10.0. The van der Waals surface area contributed by atoms with Crippen LogP contribution in [0.3, 0.4) is 0 Å². The van der Waals surface area contributed by atoms with Gasteiger partial charge in [0.15, 0.2) is 0 Å². The third-order valence-corrected chi connectivity index (χ3v) is 2.20. The Bertz CT molecular complexity index is 480. The summed E-state index contributed by atoms with van der Waals surface area (Å²) in [4.78, 5) is 10.8. The lowest BCUT2D eigenvalue weighted by Gasteiger charge is -1.95. The molecule has 18 heavy (non-hydrogen) atoms. The summed E-state index contributed by atoms with van der Waals surface area (Å²) in [6.07, 6.45) is 1.83. The van der Waals surface area contributed by atoms with Crippen LogP contribution < -0.4 is 11.3 Å². The van der Waals surface area contributed by atoms with Crippen LogP contribution in [0.1, 0.15) is 15.9 Å². The Kier molecular flexibility index (Phi) is 5.94. The molecule has 2 aromatic rings. The van der Waals surface area contributed by atoms with Crippen LogP contribution in [-0.2, 0) is 0 Å². The van der Waals surface area contributed by atoms with E-state index in [4.69, 9.17) is 5.84 Å². The van der Waals surface area contributed by atoms with Crippen molar-refractivity contribution in [1.82, 2.24) is 5.43 Å². The molecule has 0 radical (unpaired) electrons. The van der Waals surface area contributed by atoms with E-state index in [9.17, 15) is 4.79 Å². The molecule has 0 saturated heterocycles. The standard InChI is InChI=1S/C8H8.C7H8N2O/c1-2-8-6-4-3-5-7-8;8-9-7(10)6-4-2-1-3-5-6/h2-7H,1H2;1-5H,8H2,(H,9,10). The van der Waals surface area contributed by atoms with Crippen LogP contribution in [-0.4, -0.2) is 5.91 Å². The van der Waals surface area contributed by atoms with Gasteiger partial charge >= 0.3 is 0 Å². The normalized spacial score (nSPS) is 8.72. The van der Waals surface area contributed by atoms with E-state index in [0.717, 1.165) is 0 Å². The molecule has 0 unspecified atom stereocenters. The molecule has 0 aliphatic rings. The molecule has 3 nitrogen and oxygen atoms in total. The Hall–Kier alpha value is -2.39. The Morgan fingerprint density at radius 1 is 1.00 bits per heavy atom. The smallest absolute Gasteiger partial charge is 0.265 e. The predicted molar refractivity (Wildman–Crippen MR) is 74.6 cm³/mol. The van der Waals surface area contributed by atoms with Gasteiger partial charge in [-0.3, -0.25) is 10.2 Å². The maximum Gasteiger partial charge on any atom is 0.265 e. The topological polar surface area (TPSA) is 55.1 Å². The van der Waals surface area contributed by atoms with Crippen molar-refractivity contribution in [2.75, 3.05) is 0 Å². The van der Waals surface area contributed by atoms with Crippen molar-refractivity contribution in [3.05, 3.63) is 78.4 Å². The highest BCUT2D eigenvalue weighted by molar-refractivity contribution is 5.93. The Morgan fingerprint density at radius 2 is 1.50 bits per heavy atom. The third kappa shape index (κ3) is 4.63. The van der Waals surface area contributed by atoms with E-state index in [1.54, 1.807) is 24.3 Å². The van der Waals surface area contributed by atoms with Gasteiger partial charge in [0.25, 0.3) is 5.91 Å². The molecule has 92 valence electrons. The molecule has 3 heteroatoms. The van der Waals surface area contributed by atoms with Gasteiger partial charge in [-0.1, -0.05) is 61.2 Å². The van der Waals surface area contributed by atoms with Crippen LogP contribution in [0.25, 0.3) is 6.08 Å². The molecule has 1 amide bonds. The first-order valence-corrected chi connectivity index (χ1v) is 5.51. The van der Waals surface area contributed by atoms with Crippen LogP contribution in [0.4, 0.5) is 0 Å². The lowest BCUT2D eigenvalue weighted by atomic mass is 10.2. The van der Waals surface area contributed by atoms with Crippen molar-refractivity contribution in [1.29, 1.82) is 0 Å². The summed E-state index contributed by atoms with van der Waals surface area (Å²) in [5, 5.41) is 0. The highest BCUT2D eigenvalue weighted by atomic mass is 16.2. The van der Waals surface area contributed by atoms with Crippen molar-refractivity contribution >= 4 is 12.0 Å². The molecule has 0 heterocycles. The number of hydrogen-bond acceptors (Lipinski definition) is 2. The summed E-state index contributed by atoms with van der Waals surface area (Å²) < 4.78 is 0. The number of hydrazine groups is 1. The SMILES string of the molecule is C=Cc1ccccc1.NNC(=O)c1ccccc1. The molecule has 0 spiro atoms. The number of nitrogen functional groups attached to an aromatic ring is 1. The van der Waals surface area contributed by atoms with Crippen LogP contribution >= 0.6 is 0 Å². The quantitative estimate of drug-likeness (QED) is 0.481. The van der Waals surface area contributed by atoms with Gasteiger partial charge in [-0.25, -0.2) is 5.84 Å². The lowest BCUT2D eigenvalue weighted by molar-refractivity contribution is 0.0953. The van der Waals surface area contributed by atoms with Crippen molar-refractivity contribution in [3.8, 4) is 0 Å². The highest BCUT2D eigenvalue weighted by Crippen LogP contribution is 1.97. The minimum Gasteiger partial charge on any atom is -0.290 e. The number of hydrogen-bond donors (Lipinski definition) is 2. The van der Waals surface area contributed by atoms with Gasteiger partial charge in [-0.05, 0) is 17.7 Å². The zero-order chi connectivity index (χ0) is 13.2. The van der Waals surface area contributed by atoms with Gasteiger partial charge in [0, 0.05) is 5.56 Å². The molecule has 0 aliphatic heterocycles. The second-order valence-electron chi connectivity index (χ2n) is 3.45. The monoisotopic (exact) mass is 240 g/mol. The van der Waals surface area contributed by atoms with E-state index in [1.807, 2.05) is 47.9 Å². The molecular formula is C15H16N2O. The van der Waals surface area contributed by atoms with Crippen LogP contribution in [0.2, 0.25) is 0 Å². The number of nitrogens with one attached hydrogen (secondary N) is 1. The second kappa shape index (κ2) is 7.81. The Morgan fingerprint density at radius 3 is 1.89 bits per heavy atom. The van der Waals surface area contributed by atoms with E-state index in [1.165, 1.54) is 5.56 Å². The van der Waals surface area contributed by atoms with Gasteiger partial charge in [-0.2, -0.15) is 0 Å². The van der Waals surface area contributed by atoms with E-state index >= 15 is 0 Å². The molecule has 2 aromatic carbocycles. The molecule has 0 bridgehead atoms. The van der Waals surface area contributed by atoms with Crippen molar-refractivity contribution in [2.24, 2.45) is 5.84 Å². The maximum absolute atomic E-state index is 10.8. The lowest BCUT2D eigenvalue weighted by Crippen LogP contribution is -2.29. The largest absolute Gasteiger partial charge is 0.290 e. The average Bonchev–Trinajstić information content (AvgIpc) is 2.49. The number of benzene rings is 2. The van der Waals surface area contributed by atoms with Gasteiger partial charge in [0.05, 0.1) is 0 Å². The second-order valence-corrected chi connectivity index (χ2v) is 3.45. The summed E-state index contributed by atoms with van der Waals surface area (Å²) in [7, 11) is 0. The Balaban J connectivity index is 0.000000184. The minimum absolute atomic E-state index is 0.263. The van der Waals surface area contributed by atoms with Gasteiger partial charge in [0.2, 0.25) is 0 Å². The van der Waals surface area contributed by atoms with Gasteiger partial charge in [-0.15, -0.1) is 0 Å². The molecule has 2 rings (SSSR count). The molecule has 3 N–H and O–H groups in total. The fourth-order valence-electron chi connectivity index (χ4n) is 1.26. The predicted octanol–water partition coefficient (Wildman–Crippen LogP) is 2.62. The van der Waals surface area contributed by atoms with E-state index in [2.05, 4.69) is 6.58 Å². The van der Waals surface area contributed by atoms with Crippen molar-refractivity contribution < 1.29 is 4.79 Å². The van der Waals surface area contributed by atoms with Crippen LogP contribution in [0, 0.1) is 0 Å². The number of carbonyl (C=O) groups excluding carboxylic acids is 1. The van der Waals surface area contributed by atoms with Gasteiger partial charge in [0.1, 0.15) is 0 Å². The molecular weight excluding hydrogens is 224 g/mol. The number of carbonyl (C=O) groups is 1. The summed E-state index contributed by atoms with van der Waals surface area (Å²) in [5.41, 5.74) is 3.79. The zero-order valence-corrected chi connectivity index (χ0v) is 10.0. The summed E-state index contributed by atoms with van der Waals surface area (Å²) in [6.45, 7) is 3.63.